The number of amides is 1. The molecule has 0 atom stereocenters. The molecule has 0 aliphatic heterocycles. The van der Waals surface area contributed by atoms with E-state index in [1.807, 2.05) is 31.2 Å². The highest BCUT2D eigenvalue weighted by molar-refractivity contribution is 7.16. The van der Waals surface area contributed by atoms with Gasteiger partial charge in [0.05, 0.1) is 16.8 Å². The van der Waals surface area contributed by atoms with Gasteiger partial charge in [-0.05, 0) is 37.6 Å². The van der Waals surface area contributed by atoms with Crippen LogP contribution in [-0.4, -0.2) is 23.1 Å². The molecule has 3 rings (SSSR count). The van der Waals surface area contributed by atoms with Crippen LogP contribution in [-0.2, 0) is 16.1 Å². The zero-order valence-electron chi connectivity index (χ0n) is 14.1. The van der Waals surface area contributed by atoms with Crippen LogP contribution in [0.3, 0.4) is 0 Å². The van der Waals surface area contributed by atoms with Crippen LogP contribution in [0.5, 0.6) is 0 Å². The summed E-state index contributed by atoms with van der Waals surface area (Å²) in [6, 6.07) is 14.8. The van der Waals surface area contributed by atoms with Crippen LogP contribution >= 0.6 is 11.3 Å². The van der Waals surface area contributed by atoms with Gasteiger partial charge in [0.25, 0.3) is 5.91 Å². The maximum atomic E-state index is 12.5. The van der Waals surface area contributed by atoms with Crippen molar-refractivity contribution < 1.29 is 14.3 Å². The van der Waals surface area contributed by atoms with Gasteiger partial charge in [0.15, 0.2) is 4.80 Å². The van der Waals surface area contributed by atoms with E-state index in [1.165, 1.54) is 11.3 Å². The summed E-state index contributed by atoms with van der Waals surface area (Å²) in [7, 11) is 0. The molecule has 2 aromatic carbocycles. The van der Waals surface area contributed by atoms with Gasteiger partial charge in [-0.3, -0.25) is 9.59 Å². The van der Waals surface area contributed by atoms with E-state index >= 15 is 0 Å². The van der Waals surface area contributed by atoms with Gasteiger partial charge in [-0.15, -0.1) is 0 Å². The number of fused-ring (bicyclic) bond motifs is 1. The lowest BCUT2D eigenvalue weighted by molar-refractivity contribution is -0.143. The first kappa shape index (κ1) is 17.1. The number of benzene rings is 2. The third-order valence-electron chi connectivity index (χ3n) is 3.71. The van der Waals surface area contributed by atoms with E-state index in [1.54, 1.807) is 35.8 Å². The van der Waals surface area contributed by atoms with E-state index in [2.05, 4.69) is 4.99 Å². The zero-order valence-corrected chi connectivity index (χ0v) is 14.9. The highest BCUT2D eigenvalue weighted by Gasteiger charge is 2.14. The maximum absolute atomic E-state index is 12.5. The number of ether oxygens (including phenoxy) is 1. The number of hydrogen-bond acceptors (Lipinski definition) is 4. The number of hydrogen-bond donors (Lipinski definition) is 0. The SMILES string of the molecule is CCOC(=O)Cn1c(=NC(=O)c2ccccc2)sc2cccc(C)c21. The summed E-state index contributed by atoms with van der Waals surface area (Å²) in [6.45, 7) is 4.08. The molecule has 25 heavy (non-hydrogen) atoms. The Hall–Kier alpha value is -2.73. The van der Waals surface area contributed by atoms with E-state index < -0.39 is 0 Å². The van der Waals surface area contributed by atoms with Gasteiger partial charge in [0.1, 0.15) is 6.54 Å². The zero-order chi connectivity index (χ0) is 17.8. The third-order valence-corrected chi connectivity index (χ3v) is 4.76. The van der Waals surface area contributed by atoms with Gasteiger partial charge in [-0.25, -0.2) is 0 Å². The lowest BCUT2D eigenvalue weighted by Crippen LogP contribution is -2.23. The Labute approximate surface area is 149 Å². The van der Waals surface area contributed by atoms with Crippen molar-refractivity contribution in [1.29, 1.82) is 0 Å². The highest BCUT2D eigenvalue weighted by atomic mass is 32.1. The molecule has 0 N–H and O–H groups in total. The van der Waals surface area contributed by atoms with Gasteiger partial charge in [-0.2, -0.15) is 4.99 Å². The molecule has 0 radical (unpaired) electrons. The van der Waals surface area contributed by atoms with Gasteiger partial charge in [-0.1, -0.05) is 41.7 Å². The third kappa shape index (κ3) is 3.69. The van der Waals surface area contributed by atoms with Crippen LogP contribution < -0.4 is 4.80 Å². The fraction of sp³-hybridized carbons (Fsp3) is 0.211. The van der Waals surface area contributed by atoms with E-state index in [0.717, 1.165) is 15.8 Å². The minimum Gasteiger partial charge on any atom is -0.465 e. The number of para-hydroxylation sites is 1. The van der Waals surface area contributed by atoms with Crippen molar-refractivity contribution >= 4 is 33.4 Å². The number of esters is 1. The predicted octanol–water partition coefficient (Wildman–Crippen LogP) is 3.32. The number of thiazole rings is 1. The topological polar surface area (TPSA) is 60.7 Å². The van der Waals surface area contributed by atoms with Crippen LogP contribution in [0.15, 0.2) is 53.5 Å². The summed E-state index contributed by atoms with van der Waals surface area (Å²) in [5, 5.41) is 0. The standard InChI is InChI=1S/C19H18N2O3S/c1-3-24-16(22)12-21-17-13(2)8-7-11-15(17)25-19(21)20-18(23)14-9-5-4-6-10-14/h4-11H,3,12H2,1-2H3. The fourth-order valence-corrected chi connectivity index (χ4v) is 3.71. The largest absolute Gasteiger partial charge is 0.465 e. The molecule has 1 heterocycles. The molecule has 0 aliphatic rings. The van der Waals surface area contributed by atoms with Crippen molar-refractivity contribution in [3.63, 3.8) is 0 Å². The molecule has 0 unspecified atom stereocenters. The van der Waals surface area contributed by atoms with Crippen LogP contribution in [0.25, 0.3) is 10.2 Å². The van der Waals surface area contributed by atoms with Crippen molar-refractivity contribution in [3.8, 4) is 0 Å². The molecule has 0 aliphatic carbocycles. The molecule has 1 amide bonds. The molecule has 6 heteroatoms. The number of carbonyl (C=O) groups excluding carboxylic acids is 2. The van der Waals surface area contributed by atoms with E-state index in [-0.39, 0.29) is 18.4 Å². The van der Waals surface area contributed by atoms with Crippen LogP contribution in [0, 0.1) is 6.92 Å². The van der Waals surface area contributed by atoms with Crippen molar-refractivity contribution in [1.82, 2.24) is 4.57 Å². The van der Waals surface area contributed by atoms with Crippen molar-refractivity contribution in [2.24, 2.45) is 4.99 Å². The summed E-state index contributed by atoms with van der Waals surface area (Å²) >= 11 is 1.39. The first-order valence-corrected chi connectivity index (χ1v) is 8.80. The molecule has 0 spiro atoms. The normalized spacial score (nSPS) is 11.7. The molecular weight excluding hydrogens is 336 g/mol. The number of aryl methyl sites for hydroxylation is 1. The smallest absolute Gasteiger partial charge is 0.326 e. The summed E-state index contributed by atoms with van der Waals surface area (Å²) in [5.41, 5.74) is 2.44. The molecule has 0 saturated heterocycles. The number of rotatable bonds is 4. The summed E-state index contributed by atoms with van der Waals surface area (Å²) in [6.07, 6.45) is 0. The Bertz CT molecular complexity index is 987. The van der Waals surface area contributed by atoms with E-state index in [4.69, 9.17) is 4.74 Å². The first-order chi connectivity index (χ1) is 12.1. The maximum Gasteiger partial charge on any atom is 0.326 e. The molecule has 3 aromatic rings. The Kier molecular flexibility index (Phi) is 5.09. The number of aromatic nitrogens is 1. The second-order valence-electron chi connectivity index (χ2n) is 5.48. The van der Waals surface area contributed by atoms with Crippen molar-refractivity contribution in [2.45, 2.75) is 20.4 Å². The molecule has 128 valence electrons. The van der Waals surface area contributed by atoms with Crippen LogP contribution in [0.1, 0.15) is 22.8 Å². The Morgan fingerprint density at radius 2 is 1.88 bits per heavy atom. The molecular formula is C19H18N2O3S. The Morgan fingerprint density at radius 1 is 1.12 bits per heavy atom. The fourth-order valence-electron chi connectivity index (χ4n) is 2.61. The predicted molar refractivity (Wildman–Crippen MR) is 97.5 cm³/mol. The average Bonchev–Trinajstić information content (AvgIpc) is 2.94. The monoisotopic (exact) mass is 354 g/mol. The average molecular weight is 354 g/mol. The lowest BCUT2D eigenvalue weighted by atomic mass is 10.2. The van der Waals surface area contributed by atoms with Gasteiger partial charge >= 0.3 is 5.97 Å². The molecule has 0 bridgehead atoms. The van der Waals surface area contributed by atoms with Gasteiger partial charge < -0.3 is 9.30 Å². The van der Waals surface area contributed by atoms with Crippen LogP contribution in [0.2, 0.25) is 0 Å². The van der Waals surface area contributed by atoms with Gasteiger partial charge in [0, 0.05) is 5.56 Å². The number of carbonyl (C=O) groups is 2. The van der Waals surface area contributed by atoms with Crippen LogP contribution in [0.4, 0.5) is 0 Å². The van der Waals surface area contributed by atoms with Crippen molar-refractivity contribution in [3.05, 3.63) is 64.5 Å². The molecule has 1 aromatic heterocycles. The summed E-state index contributed by atoms with van der Waals surface area (Å²) in [4.78, 5) is 29.2. The summed E-state index contributed by atoms with van der Waals surface area (Å²) < 4.78 is 7.80. The molecule has 5 nitrogen and oxygen atoms in total. The second kappa shape index (κ2) is 7.44. The minimum absolute atomic E-state index is 0.0274. The van der Waals surface area contributed by atoms with Gasteiger partial charge in [0.2, 0.25) is 0 Å². The molecule has 0 saturated carbocycles. The lowest BCUT2D eigenvalue weighted by Gasteiger charge is -2.06. The highest BCUT2D eigenvalue weighted by Crippen LogP contribution is 2.21. The first-order valence-electron chi connectivity index (χ1n) is 7.99. The molecule has 0 fully saturated rings. The minimum atomic E-state index is -0.348. The quantitative estimate of drug-likeness (QED) is 0.675. The van der Waals surface area contributed by atoms with Crippen molar-refractivity contribution in [2.75, 3.05) is 6.61 Å². The Morgan fingerprint density at radius 3 is 2.60 bits per heavy atom. The van der Waals surface area contributed by atoms with E-state index in [9.17, 15) is 9.59 Å². The second-order valence-corrected chi connectivity index (χ2v) is 6.49. The Balaban J connectivity index is 2.13. The van der Waals surface area contributed by atoms with E-state index in [0.29, 0.717) is 17.0 Å². The number of nitrogens with zero attached hydrogens (tertiary/aromatic N) is 2. The summed E-state index contributed by atoms with van der Waals surface area (Å²) in [5.74, 6) is -0.679.